The zero-order chi connectivity index (χ0) is 16.4. The van der Waals surface area contributed by atoms with Crippen LogP contribution in [0.2, 0.25) is 0 Å². The molecule has 0 spiro atoms. The molecule has 0 atom stereocenters. The summed E-state index contributed by atoms with van der Waals surface area (Å²) in [6, 6.07) is 1.75. The molecule has 0 radical (unpaired) electrons. The number of nitrogens with one attached hydrogen (secondary N) is 1. The maximum atomic E-state index is 12.1. The number of hydrogen-bond acceptors (Lipinski definition) is 4. The van der Waals surface area contributed by atoms with Crippen LogP contribution in [0.5, 0.6) is 0 Å². The maximum Gasteiger partial charge on any atom is 0.407 e. The van der Waals surface area contributed by atoms with E-state index in [2.05, 4.69) is 21.8 Å². The zero-order valence-corrected chi connectivity index (χ0v) is 12.7. The van der Waals surface area contributed by atoms with Crippen molar-refractivity contribution in [2.45, 2.75) is 13.5 Å². The maximum absolute atomic E-state index is 12.1. The number of aromatic amines is 1. The van der Waals surface area contributed by atoms with Crippen LogP contribution >= 0.6 is 0 Å². The number of H-pyrrole nitrogens is 1. The highest BCUT2D eigenvalue weighted by atomic mass is 16.4. The number of hydrogen-bond donors (Lipinski definition) is 2. The molecule has 1 aliphatic rings. The van der Waals surface area contributed by atoms with Crippen LogP contribution in [0.4, 0.5) is 10.7 Å². The van der Waals surface area contributed by atoms with Crippen LogP contribution in [0.1, 0.15) is 6.92 Å². The van der Waals surface area contributed by atoms with Crippen molar-refractivity contribution in [3.8, 4) is 11.8 Å². The van der Waals surface area contributed by atoms with Crippen LogP contribution in [0, 0.1) is 11.8 Å². The van der Waals surface area contributed by atoms with Gasteiger partial charge in [-0.15, -0.1) is 5.92 Å². The van der Waals surface area contributed by atoms with E-state index in [-0.39, 0.29) is 5.56 Å². The Balaban J connectivity index is 2.00. The molecule has 8 heteroatoms. The molecule has 2 N–H and O–H groups in total. The standard InChI is InChI=1S/C15H17N5O3/c1-2-3-6-20-12-11(4-5-16-13(12)21)17-14(20)18-7-9-19(10-8-18)15(22)23/h4-5H,6-10H2,1H3,(H,16,21)(H,22,23). The first-order valence-electron chi connectivity index (χ1n) is 7.32. The first-order chi connectivity index (χ1) is 11.1. The zero-order valence-electron chi connectivity index (χ0n) is 12.7. The number of pyridine rings is 1. The molecule has 0 unspecified atom stereocenters. The Kier molecular flexibility index (Phi) is 3.93. The molecule has 2 aromatic rings. The summed E-state index contributed by atoms with van der Waals surface area (Å²) < 4.78 is 1.79. The Bertz CT molecular complexity index is 849. The summed E-state index contributed by atoms with van der Waals surface area (Å²) >= 11 is 0. The van der Waals surface area contributed by atoms with Gasteiger partial charge in [0, 0.05) is 32.4 Å². The number of nitrogens with zero attached hydrogens (tertiary/aromatic N) is 4. The van der Waals surface area contributed by atoms with Crippen molar-refractivity contribution in [3.63, 3.8) is 0 Å². The van der Waals surface area contributed by atoms with Crippen molar-refractivity contribution in [2.24, 2.45) is 0 Å². The number of aromatic nitrogens is 3. The minimum absolute atomic E-state index is 0.205. The monoisotopic (exact) mass is 315 g/mol. The lowest BCUT2D eigenvalue weighted by molar-refractivity contribution is 0.142. The molecule has 0 bridgehead atoms. The summed E-state index contributed by atoms with van der Waals surface area (Å²) in [5.74, 6) is 6.45. The van der Waals surface area contributed by atoms with Gasteiger partial charge >= 0.3 is 6.09 Å². The fraction of sp³-hybridized carbons (Fsp3) is 0.400. The van der Waals surface area contributed by atoms with E-state index in [0.29, 0.717) is 49.7 Å². The molecule has 0 aromatic carbocycles. The fourth-order valence-electron chi connectivity index (χ4n) is 2.73. The number of fused-ring (bicyclic) bond motifs is 1. The van der Waals surface area contributed by atoms with Crippen molar-refractivity contribution in [1.82, 2.24) is 19.4 Å². The second-order valence-electron chi connectivity index (χ2n) is 5.22. The molecule has 120 valence electrons. The van der Waals surface area contributed by atoms with Crippen molar-refractivity contribution < 1.29 is 9.90 Å². The molecule has 2 aromatic heterocycles. The lowest BCUT2D eigenvalue weighted by Crippen LogP contribution is -2.49. The Morgan fingerprint density at radius 2 is 2.13 bits per heavy atom. The van der Waals surface area contributed by atoms with Gasteiger partial charge in [0.15, 0.2) is 0 Å². The average molecular weight is 315 g/mol. The third kappa shape index (κ3) is 2.73. The Morgan fingerprint density at radius 3 is 2.78 bits per heavy atom. The average Bonchev–Trinajstić information content (AvgIpc) is 2.93. The van der Waals surface area contributed by atoms with Crippen LogP contribution in [0.25, 0.3) is 11.0 Å². The van der Waals surface area contributed by atoms with Gasteiger partial charge in [0.05, 0.1) is 12.1 Å². The minimum atomic E-state index is -0.911. The molecule has 0 aliphatic carbocycles. The van der Waals surface area contributed by atoms with E-state index < -0.39 is 6.09 Å². The highest BCUT2D eigenvalue weighted by Gasteiger charge is 2.25. The lowest BCUT2D eigenvalue weighted by Gasteiger charge is -2.33. The number of carboxylic acid groups (broad SMARTS) is 1. The molecule has 8 nitrogen and oxygen atoms in total. The number of carbonyl (C=O) groups is 1. The van der Waals surface area contributed by atoms with Crippen molar-refractivity contribution in [2.75, 3.05) is 31.1 Å². The number of piperazine rings is 1. The van der Waals surface area contributed by atoms with E-state index >= 15 is 0 Å². The van der Waals surface area contributed by atoms with Gasteiger partial charge in [-0.3, -0.25) is 9.36 Å². The molecule has 1 amide bonds. The summed E-state index contributed by atoms with van der Waals surface area (Å²) in [7, 11) is 0. The largest absolute Gasteiger partial charge is 0.465 e. The topological polar surface area (TPSA) is 94.5 Å². The quantitative estimate of drug-likeness (QED) is 0.789. The molecule has 3 heterocycles. The summed E-state index contributed by atoms with van der Waals surface area (Å²) in [5.41, 5.74) is 0.900. The second-order valence-corrected chi connectivity index (χ2v) is 5.22. The van der Waals surface area contributed by atoms with E-state index in [1.54, 1.807) is 23.8 Å². The predicted octanol–water partition coefficient (Wildman–Crippen LogP) is 0.548. The van der Waals surface area contributed by atoms with E-state index in [1.807, 2.05) is 4.90 Å². The Hall–Kier alpha value is -2.95. The third-order valence-corrected chi connectivity index (χ3v) is 3.89. The van der Waals surface area contributed by atoms with E-state index in [0.717, 1.165) is 0 Å². The van der Waals surface area contributed by atoms with Gasteiger partial charge in [0.2, 0.25) is 5.95 Å². The number of rotatable bonds is 2. The summed E-state index contributed by atoms with van der Waals surface area (Å²) in [4.78, 5) is 33.7. The highest BCUT2D eigenvalue weighted by molar-refractivity contribution is 5.78. The van der Waals surface area contributed by atoms with Gasteiger partial charge in [-0.25, -0.2) is 9.78 Å². The SMILES string of the molecule is CC#CCn1c(N2CCN(C(=O)O)CC2)nc2cc[nH]c(=O)c21. The first kappa shape index (κ1) is 15.0. The summed E-state index contributed by atoms with van der Waals surface area (Å²) in [6.45, 7) is 4.01. The van der Waals surface area contributed by atoms with Crippen LogP contribution in [-0.4, -0.2) is 56.8 Å². The number of anilines is 1. The molecule has 1 aliphatic heterocycles. The lowest BCUT2D eigenvalue weighted by atomic mass is 10.3. The van der Waals surface area contributed by atoms with E-state index in [4.69, 9.17) is 5.11 Å². The van der Waals surface area contributed by atoms with Crippen LogP contribution in [0.3, 0.4) is 0 Å². The van der Waals surface area contributed by atoms with Crippen LogP contribution in [-0.2, 0) is 6.54 Å². The first-order valence-corrected chi connectivity index (χ1v) is 7.32. The molecule has 0 saturated carbocycles. The second kappa shape index (κ2) is 6.04. The third-order valence-electron chi connectivity index (χ3n) is 3.89. The van der Waals surface area contributed by atoms with Crippen molar-refractivity contribution in [1.29, 1.82) is 0 Å². The van der Waals surface area contributed by atoms with Crippen LogP contribution in [0.15, 0.2) is 17.1 Å². The van der Waals surface area contributed by atoms with Gasteiger partial charge in [-0.05, 0) is 13.0 Å². The van der Waals surface area contributed by atoms with Gasteiger partial charge in [-0.2, -0.15) is 0 Å². The predicted molar refractivity (Wildman–Crippen MR) is 85.6 cm³/mol. The van der Waals surface area contributed by atoms with Crippen molar-refractivity contribution in [3.05, 3.63) is 22.6 Å². The highest BCUT2D eigenvalue weighted by Crippen LogP contribution is 2.21. The Labute approximate surface area is 132 Å². The van der Waals surface area contributed by atoms with Gasteiger partial charge in [-0.1, -0.05) is 5.92 Å². The number of imidazole rings is 1. The summed E-state index contributed by atoms with van der Waals surface area (Å²) in [6.07, 6.45) is 0.658. The van der Waals surface area contributed by atoms with Gasteiger partial charge in [0.1, 0.15) is 5.52 Å². The molecular formula is C15H17N5O3. The smallest absolute Gasteiger partial charge is 0.407 e. The molecule has 3 rings (SSSR count). The normalized spacial score (nSPS) is 14.7. The fourth-order valence-corrected chi connectivity index (χ4v) is 2.73. The van der Waals surface area contributed by atoms with E-state index in [9.17, 15) is 9.59 Å². The summed E-state index contributed by atoms with van der Waals surface area (Å²) in [5, 5.41) is 9.04. The van der Waals surface area contributed by atoms with Crippen LogP contribution < -0.4 is 10.5 Å². The van der Waals surface area contributed by atoms with Gasteiger partial charge in [0.25, 0.3) is 5.56 Å². The minimum Gasteiger partial charge on any atom is -0.465 e. The molecular weight excluding hydrogens is 298 g/mol. The Morgan fingerprint density at radius 1 is 1.39 bits per heavy atom. The van der Waals surface area contributed by atoms with Gasteiger partial charge < -0.3 is 19.9 Å². The number of amides is 1. The molecule has 1 fully saturated rings. The molecule has 23 heavy (non-hydrogen) atoms. The molecule has 1 saturated heterocycles. The van der Waals surface area contributed by atoms with E-state index in [1.165, 1.54) is 4.90 Å². The van der Waals surface area contributed by atoms with Crippen molar-refractivity contribution >= 4 is 23.1 Å².